The number of benzene rings is 2. The third-order valence-electron chi connectivity index (χ3n) is 3.42. The highest BCUT2D eigenvalue weighted by atomic mass is 35.5. The van der Waals surface area contributed by atoms with Gasteiger partial charge in [0.15, 0.2) is 11.0 Å². The van der Waals surface area contributed by atoms with Crippen molar-refractivity contribution in [3.05, 3.63) is 65.2 Å². The first-order valence-electron chi connectivity index (χ1n) is 7.49. The Morgan fingerprint density at radius 3 is 2.50 bits per heavy atom. The molecule has 1 aromatic heterocycles. The molecule has 0 N–H and O–H groups in total. The van der Waals surface area contributed by atoms with Gasteiger partial charge in [-0.2, -0.15) is 0 Å². The van der Waals surface area contributed by atoms with Gasteiger partial charge in [0.05, 0.1) is 17.3 Å². The van der Waals surface area contributed by atoms with Crippen LogP contribution in [0.15, 0.2) is 59.8 Å². The lowest BCUT2D eigenvalue weighted by Crippen LogP contribution is -2.05. The molecule has 6 heteroatoms. The molecule has 0 aliphatic carbocycles. The SMILES string of the molecule is CC(=O)CSc1nnc(-c2ccccc2Cl)n1Cc1ccccc1. The van der Waals surface area contributed by atoms with E-state index in [4.69, 9.17) is 11.6 Å². The topological polar surface area (TPSA) is 47.8 Å². The van der Waals surface area contributed by atoms with Crippen LogP contribution in [0, 0.1) is 0 Å². The van der Waals surface area contributed by atoms with Crippen LogP contribution >= 0.6 is 23.4 Å². The summed E-state index contributed by atoms with van der Waals surface area (Å²) in [5.41, 5.74) is 1.97. The maximum Gasteiger partial charge on any atom is 0.192 e. The fraction of sp³-hybridized carbons (Fsp3) is 0.167. The standard InChI is InChI=1S/C18H16ClN3OS/c1-13(23)12-24-18-21-20-17(15-9-5-6-10-16(15)19)22(18)11-14-7-3-2-4-8-14/h2-10H,11-12H2,1H3. The molecule has 0 atom stereocenters. The second kappa shape index (κ2) is 7.64. The third kappa shape index (κ3) is 3.86. The van der Waals surface area contributed by atoms with Gasteiger partial charge in [0.1, 0.15) is 5.78 Å². The smallest absolute Gasteiger partial charge is 0.192 e. The van der Waals surface area contributed by atoms with Gasteiger partial charge in [-0.05, 0) is 24.6 Å². The lowest BCUT2D eigenvalue weighted by molar-refractivity contribution is -0.114. The number of halogens is 1. The monoisotopic (exact) mass is 357 g/mol. The molecule has 4 nitrogen and oxygen atoms in total. The van der Waals surface area contributed by atoms with Crippen molar-refractivity contribution in [2.45, 2.75) is 18.6 Å². The molecule has 3 aromatic rings. The van der Waals surface area contributed by atoms with Crippen LogP contribution in [0.3, 0.4) is 0 Å². The van der Waals surface area contributed by atoms with Gasteiger partial charge in [-0.1, -0.05) is 65.8 Å². The van der Waals surface area contributed by atoms with Crippen LogP contribution < -0.4 is 0 Å². The normalized spacial score (nSPS) is 10.8. The number of Topliss-reactive ketones (excluding diaryl/α,β-unsaturated/α-hetero) is 1. The van der Waals surface area contributed by atoms with E-state index in [0.29, 0.717) is 28.3 Å². The van der Waals surface area contributed by atoms with Gasteiger partial charge < -0.3 is 0 Å². The first kappa shape index (κ1) is 16.7. The van der Waals surface area contributed by atoms with Crippen molar-refractivity contribution in [3.63, 3.8) is 0 Å². The number of thioether (sulfide) groups is 1. The number of hydrogen-bond donors (Lipinski definition) is 0. The molecule has 0 aliphatic heterocycles. The number of rotatable bonds is 6. The van der Waals surface area contributed by atoms with Crippen LogP contribution in [-0.2, 0) is 11.3 Å². The zero-order valence-electron chi connectivity index (χ0n) is 13.1. The summed E-state index contributed by atoms with van der Waals surface area (Å²) >= 11 is 7.72. The molecule has 2 aromatic carbocycles. The molecule has 3 rings (SSSR count). The third-order valence-corrected chi connectivity index (χ3v) is 4.86. The zero-order chi connectivity index (χ0) is 16.9. The van der Waals surface area contributed by atoms with Gasteiger partial charge >= 0.3 is 0 Å². The lowest BCUT2D eigenvalue weighted by Gasteiger charge is -2.11. The molecule has 0 aliphatic rings. The quantitative estimate of drug-likeness (QED) is 0.616. The molecule has 0 fully saturated rings. The molecule has 1 heterocycles. The average Bonchev–Trinajstić information content (AvgIpc) is 2.97. The second-order valence-electron chi connectivity index (χ2n) is 5.35. The molecule has 0 spiro atoms. The van der Waals surface area contributed by atoms with Crippen LogP contribution in [0.4, 0.5) is 0 Å². The molecule has 0 bridgehead atoms. The Balaban J connectivity index is 2.02. The Labute approximate surface area is 149 Å². The summed E-state index contributed by atoms with van der Waals surface area (Å²) in [4.78, 5) is 11.3. The van der Waals surface area contributed by atoms with E-state index in [1.54, 1.807) is 6.92 Å². The van der Waals surface area contributed by atoms with Crippen LogP contribution in [0.25, 0.3) is 11.4 Å². The van der Waals surface area contributed by atoms with Crippen molar-refractivity contribution in [1.29, 1.82) is 0 Å². The molecule has 24 heavy (non-hydrogen) atoms. The van der Waals surface area contributed by atoms with Gasteiger partial charge in [-0.25, -0.2) is 0 Å². The first-order chi connectivity index (χ1) is 11.6. The van der Waals surface area contributed by atoms with Crippen molar-refractivity contribution in [1.82, 2.24) is 14.8 Å². The van der Waals surface area contributed by atoms with Gasteiger partial charge in [0, 0.05) is 5.56 Å². The summed E-state index contributed by atoms with van der Waals surface area (Å²) in [6.45, 7) is 2.19. The molecule has 0 saturated carbocycles. The molecular formula is C18H16ClN3OS. The van der Waals surface area contributed by atoms with Gasteiger partial charge in [-0.3, -0.25) is 9.36 Å². The highest BCUT2D eigenvalue weighted by Gasteiger charge is 2.17. The largest absolute Gasteiger partial charge is 0.299 e. The highest BCUT2D eigenvalue weighted by Crippen LogP contribution is 2.29. The Morgan fingerprint density at radius 1 is 1.08 bits per heavy atom. The lowest BCUT2D eigenvalue weighted by atomic mass is 10.2. The number of carbonyl (C=O) groups excluding carboxylic acids is 1. The minimum absolute atomic E-state index is 0.105. The van der Waals surface area contributed by atoms with Crippen molar-refractivity contribution in [3.8, 4) is 11.4 Å². The van der Waals surface area contributed by atoms with E-state index < -0.39 is 0 Å². The van der Waals surface area contributed by atoms with E-state index in [-0.39, 0.29) is 5.78 Å². The minimum atomic E-state index is 0.105. The highest BCUT2D eigenvalue weighted by molar-refractivity contribution is 7.99. The molecule has 0 radical (unpaired) electrons. The maximum absolute atomic E-state index is 11.3. The van der Waals surface area contributed by atoms with Crippen molar-refractivity contribution >= 4 is 29.1 Å². The van der Waals surface area contributed by atoms with E-state index in [1.165, 1.54) is 11.8 Å². The predicted octanol–water partition coefficient (Wildman–Crippen LogP) is 4.33. The van der Waals surface area contributed by atoms with Crippen LogP contribution in [0.5, 0.6) is 0 Å². The van der Waals surface area contributed by atoms with Crippen LogP contribution in [-0.4, -0.2) is 26.3 Å². The summed E-state index contributed by atoms with van der Waals surface area (Å²) < 4.78 is 2.00. The molecule has 0 amide bonds. The van der Waals surface area contributed by atoms with E-state index in [2.05, 4.69) is 22.3 Å². The van der Waals surface area contributed by atoms with Crippen LogP contribution in [0.1, 0.15) is 12.5 Å². The van der Waals surface area contributed by atoms with Crippen molar-refractivity contribution < 1.29 is 4.79 Å². The van der Waals surface area contributed by atoms with E-state index >= 15 is 0 Å². The van der Waals surface area contributed by atoms with E-state index in [9.17, 15) is 4.79 Å². The fourth-order valence-electron chi connectivity index (χ4n) is 2.31. The number of ketones is 1. The summed E-state index contributed by atoms with van der Waals surface area (Å²) in [5, 5.41) is 9.92. The molecule has 0 unspecified atom stereocenters. The minimum Gasteiger partial charge on any atom is -0.299 e. The Kier molecular flexibility index (Phi) is 5.33. The number of aromatic nitrogens is 3. The first-order valence-corrected chi connectivity index (χ1v) is 8.86. The predicted molar refractivity (Wildman–Crippen MR) is 97.4 cm³/mol. The Bertz CT molecular complexity index is 848. The molecule has 0 saturated heterocycles. The summed E-state index contributed by atoms with van der Waals surface area (Å²) in [6, 6.07) is 17.6. The van der Waals surface area contributed by atoms with Crippen molar-refractivity contribution in [2.75, 3.05) is 5.75 Å². The fourth-order valence-corrected chi connectivity index (χ4v) is 3.27. The van der Waals surface area contributed by atoms with Gasteiger partial charge in [0.25, 0.3) is 0 Å². The molecule has 122 valence electrons. The Morgan fingerprint density at radius 2 is 1.79 bits per heavy atom. The summed E-state index contributed by atoms with van der Waals surface area (Å²) in [7, 11) is 0. The zero-order valence-corrected chi connectivity index (χ0v) is 14.7. The van der Waals surface area contributed by atoms with E-state index in [1.807, 2.05) is 47.0 Å². The summed E-state index contributed by atoms with van der Waals surface area (Å²) in [6.07, 6.45) is 0. The average molecular weight is 358 g/mol. The van der Waals surface area contributed by atoms with Crippen molar-refractivity contribution in [2.24, 2.45) is 0 Å². The number of carbonyl (C=O) groups is 1. The second-order valence-corrected chi connectivity index (χ2v) is 6.70. The van der Waals surface area contributed by atoms with Gasteiger partial charge in [0.2, 0.25) is 0 Å². The Hall–Kier alpha value is -2.11. The number of hydrogen-bond acceptors (Lipinski definition) is 4. The van der Waals surface area contributed by atoms with Crippen LogP contribution in [0.2, 0.25) is 5.02 Å². The maximum atomic E-state index is 11.3. The van der Waals surface area contributed by atoms with Gasteiger partial charge in [-0.15, -0.1) is 10.2 Å². The van der Waals surface area contributed by atoms with E-state index in [0.717, 1.165) is 11.1 Å². The number of nitrogens with zero attached hydrogens (tertiary/aromatic N) is 3. The molecular weight excluding hydrogens is 342 g/mol. The summed E-state index contributed by atoms with van der Waals surface area (Å²) in [5.74, 6) is 1.18.